The first-order valence-corrected chi connectivity index (χ1v) is 7.22. The smallest absolute Gasteiger partial charge is 0.109 e. The van der Waals surface area contributed by atoms with Crippen molar-refractivity contribution < 1.29 is 0 Å². The zero-order valence-corrected chi connectivity index (χ0v) is 11.4. The lowest BCUT2D eigenvalue weighted by molar-refractivity contribution is 0.311. The third kappa shape index (κ3) is 3.82. The zero-order chi connectivity index (χ0) is 12.8. The average Bonchev–Trinajstić information content (AvgIpc) is 2.81. The van der Waals surface area contributed by atoms with Crippen molar-refractivity contribution in [3.8, 4) is 0 Å². The molecule has 3 N–H and O–H groups in total. The maximum absolute atomic E-state index is 5.67. The third-order valence-electron chi connectivity index (χ3n) is 4.23. The van der Waals surface area contributed by atoms with Gasteiger partial charge in [0.05, 0.1) is 0 Å². The van der Waals surface area contributed by atoms with E-state index in [-0.39, 0.29) is 0 Å². The monoisotopic (exact) mass is 250 g/mol. The van der Waals surface area contributed by atoms with Gasteiger partial charge in [-0.1, -0.05) is 32.1 Å². The molecule has 0 bridgehead atoms. The second kappa shape index (κ2) is 6.90. The number of hydrogen-bond donors (Lipinski definition) is 2. The molecule has 1 aliphatic rings. The molecule has 0 radical (unpaired) electrons. The molecule has 0 aromatic carbocycles. The topological polar surface area (TPSA) is 55.9 Å². The van der Waals surface area contributed by atoms with Gasteiger partial charge >= 0.3 is 0 Å². The predicted molar refractivity (Wildman–Crippen MR) is 73.8 cm³/mol. The quantitative estimate of drug-likeness (QED) is 0.601. The molecule has 0 spiro atoms. The van der Waals surface area contributed by atoms with E-state index in [0.29, 0.717) is 6.04 Å². The van der Waals surface area contributed by atoms with Gasteiger partial charge in [0, 0.05) is 31.9 Å². The van der Waals surface area contributed by atoms with E-state index >= 15 is 0 Å². The van der Waals surface area contributed by atoms with Crippen LogP contribution in [-0.4, -0.2) is 15.6 Å². The summed E-state index contributed by atoms with van der Waals surface area (Å²) in [5, 5.41) is 0. The highest BCUT2D eigenvalue weighted by atomic mass is 15.2. The lowest BCUT2D eigenvalue weighted by atomic mass is 9.85. The molecule has 4 nitrogen and oxygen atoms in total. The van der Waals surface area contributed by atoms with Crippen LogP contribution in [0.25, 0.3) is 0 Å². The van der Waals surface area contributed by atoms with Gasteiger partial charge in [-0.05, 0) is 18.8 Å². The van der Waals surface area contributed by atoms with E-state index < -0.39 is 0 Å². The van der Waals surface area contributed by atoms with Crippen LogP contribution in [-0.2, 0) is 13.5 Å². The Kier molecular flexibility index (Phi) is 5.20. The van der Waals surface area contributed by atoms with Gasteiger partial charge in [-0.2, -0.15) is 0 Å². The van der Waals surface area contributed by atoms with Gasteiger partial charge in [-0.25, -0.2) is 4.98 Å². The lowest BCUT2D eigenvalue weighted by Gasteiger charge is -2.24. The molecule has 0 saturated heterocycles. The molecule has 2 rings (SSSR count). The number of hydrogen-bond acceptors (Lipinski definition) is 3. The van der Waals surface area contributed by atoms with Crippen molar-refractivity contribution in [3.05, 3.63) is 18.2 Å². The number of nitrogens with one attached hydrogen (secondary N) is 1. The summed E-state index contributed by atoms with van der Waals surface area (Å²) in [6.45, 7) is 0. The Morgan fingerprint density at radius 1 is 1.44 bits per heavy atom. The highest BCUT2D eigenvalue weighted by Gasteiger charge is 2.16. The maximum atomic E-state index is 5.67. The van der Waals surface area contributed by atoms with Crippen molar-refractivity contribution in [2.45, 2.75) is 57.4 Å². The van der Waals surface area contributed by atoms with Crippen LogP contribution in [0.15, 0.2) is 12.4 Å². The molecule has 1 aromatic heterocycles. The van der Waals surface area contributed by atoms with E-state index in [1.807, 2.05) is 19.4 Å². The van der Waals surface area contributed by atoms with Gasteiger partial charge in [-0.3, -0.25) is 11.3 Å². The standard InChI is InChI=1S/C14H26N4/c1-18-10-9-16-14(18)11-13(17-15)8-7-12-5-3-2-4-6-12/h9-10,12-13,17H,2-8,11,15H2,1H3. The highest BCUT2D eigenvalue weighted by Crippen LogP contribution is 2.27. The van der Waals surface area contributed by atoms with Crippen LogP contribution in [0.5, 0.6) is 0 Å². The van der Waals surface area contributed by atoms with Crippen LogP contribution in [0.2, 0.25) is 0 Å². The van der Waals surface area contributed by atoms with Crippen molar-refractivity contribution >= 4 is 0 Å². The molecular weight excluding hydrogens is 224 g/mol. The second-order valence-corrected chi connectivity index (χ2v) is 5.60. The molecule has 4 heteroatoms. The third-order valence-corrected chi connectivity index (χ3v) is 4.23. The van der Waals surface area contributed by atoms with E-state index in [2.05, 4.69) is 15.0 Å². The summed E-state index contributed by atoms with van der Waals surface area (Å²) < 4.78 is 2.07. The fourth-order valence-corrected chi connectivity index (χ4v) is 2.97. The fraction of sp³-hybridized carbons (Fsp3) is 0.786. The number of imidazole rings is 1. The van der Waals surface area contributed by atoms with Gasteiger partial charge in [0.2, 0.25) is 0 Å². The molecule has 1 fully saturated rings. The van der Waals surface area contributed by atoms with Crippen LogP contribution in [0.3, 0.4) is 0 Å². The summed E-state index contributed by atoms with van der Waals surface area (Å²) in [4.78, 5) is 4.37. The molecule has 1 aromatic rings. The van der Waals surface area contributed by atoms with E-state index in [1.165, 1.54) is 38.5 Å². The molecule has 1 atom stereocenters. The summed E-state index contributed by atoms with van der Waals surface area (Å²) >= 11 is 0. The van der Waals surface area contributed by atoms with Crippen molar-refractivity contribution in [2.24, 2.45) is 18.8 Å². The van der Waals surface area contributed by atoms with Crippen molar-refractivity contribution in [3.63, 3.8) is 0 Å². The number of nitrogens with zero attached hydrogens (tertiary/aromatic N) is 2. The molecule has 1 unspecified atom stereocenters. The first-order chi connectivity index (χ1) is 8.79. The van der Waals surface area contributed by atoms with Crippen molar-refractivity contribution in [1.82, 2.24) is 15.0 Å². The van der Waals surface area contributed by atoms with Crippen LogP contribution in [0, 0.1) is 5.92 Å². The zero-order valence-electron chi connectivity index (χ0n) is 11.4. The van der Waals surface area contributed by atoms with Crippen LogP contribution < -0.4 is 11.3 Å². The fourth-order valence-electron chi connectivity index (χ4n) is 2.97. The number of rotatable bonds is 6. The Hall–Kier alpha value is -0.870. The molecular formula is C14H26N4. The molecule has 102 valence electrons. The summed E-state index contributed by atoms with van der Waals surface area (Å²) in [5.41, 5.74) is 2.95. The molecule has 0 amide bonds. The second-order valence-electron chi connectivity index (χ2n) is 5.60. The Balaban J connectivity index is 1.76. The van der Waals surface area contributed by atoms with Crippen LogP contribution >= 0.6 is 0 Å². The van der Waals surface area contributed by atoms with Crippen molar-refractivity contribution in [1.29, 1.82) is 0 Å². The summed E-state index contributed by atoms with van der Waals surface area (Å²) in [7, 11) is 2.04. The number of nitrogens with two attached hydrogens (primary N) is 1. The first kappa shape index (κ1) is 13.6. The van der Waals surface area contributed by atoms with Crippen LogP contribution in [0.4, 0.5) is 0 Å². The Labute approximate surface area is 110 Å². The minimum absolute atomic E-state index is 0.355. The van der Waals surface area contributed by atoms with E-state index in [4.69, 9.17) is 5.84 Å². The van der Waals surface area contributed by atoms with Gasteiger partial charge in [0.25, 0.3) is 0 Å². The summed E-state index contributed by atoms with van der Waals surface area (Å²) in [6.07, 6.45) is 14.3. The van der Waals surface area contributed by atoms with Gasteiger partial charge < -0.3 is 4.57 Å². The van der Waals surface area contributed by atoms with Crippen molar-refractivity contribution in [2.75, 3.05) is 0 Å². The minimum atomic E-state index is 0.355. The average molecular weight is 250 g/mol. The first-order valence-electron chi connectivity index (χ1n) is 7.22. The van der Waals surface area contributed by atoms with E-state index in [1.54, 1.807) is 0 Å². The van der Waals surface area contributed by atoms with Gasteiger partial charge in [0.15, 0.2) is 0 Å². The van der Waals surface area contributed by atoms with Gasteiger partial charge in [-0.15, -0.1) is 0 Å². The molecule has 1 saturated carbocycles. The Morgan fingerprint density at radius 2 is 2.22 bits per heavy atom. The van der Waals surface area contributed by atoms with E-state index in [9.17, 15) is 0 Å². The molecule has 18 heavy (non-hydrogen) atoms. The van der Waals surface area contributed by atoms with Crippen LogP contribution in [0.1, 0.15) is 50.8 Å². The number of aromatic nitrogens is 2. The number of aryl methyl sites for hydroxylation is 1. The summed E-state index contributed by atoms with van der Waals surface area (Å²) in [6, 6.07) is 0.355. The molecule has 1 heterocycles. The minimum Gasteiger partial charge on any atom is -0.338 e. The normalized spacial score (nSPS) is 19.0. The maximum Gasteiger partial charge on any atom is 0.109 e. The van der Waals surface area contributed by atoms with E-state index in [0.717, 1.165) is 24.6 Å². The highest BCUT2D eigenvalue weighted by molar-refractivity contribution is 4.94. The number of hydrazine groups is 1. The van der Waals surface area contributed by atoms with Gasteiger partial charge in [0.1, 0.15) is 5.82 Å². The molecule has 0 aliphatic heterocycles. The predicted octanol–water partition coefficient (Wildman–Crippen LogP) is 2.16. The Morgan fingerprint density at radius 3 is 2.83 bits per heavy atom. The largest absolute Gasteiger partial charge is 0.338 e. The summed E-state index contributed by atoms with van der Waals surface area (Å²) in [5.74, 6) is 7.71. The lowest BCUT2D eigenvalue weighted by Crippen LogP contribution is -2.37. The Bertz CT molecular complexity index is 341. The SMILES string of the molecule is Cn1ccnc1CC(CCC1CCCCC1)NN. The molecule has 1 aliphatic carbocycles.